The number of halogens is 3. The van der Waals surface area contributed by atoms with Crippen LogP contribution in [0.3, 0.4) is 0 Å². The predicted molar refractivity (Wildman–Crippen MR) is 42.6 cm³/mol. The quantitative estimate of drug-likeness (QED) is 0.711. The summed E-state index contributed by atoms with van der Waals surface area (Å²) >= 11 is 0. The molecule has 4 heteroatoms. The lowest BCUT2D eigenvalue weighted by Crippen LogP contribution is -2.31. The van der Waals surface area contributed by atoms with Gasteiger partial charge < -0.3 is 4.74 Å². The fourth-order valence-electron chi connectivity index (χ4n) is 0.722. The Balaban J connectivity index is 2.61. The molecule has 72 valence electrons. The minimum absolute atomic E-state index is 0.0940. The number of para-hydroxylation sites is 1. The lowest BCUT2D eigenvalue weighted by molar-refractivity contribution is -0.141. The van der Waals surface area contributed by atoms with Crippen molar-refractivity contribution in [3.8, 4) is 5.75 Å². The van der Waals surface area contributed by atoms with Gasteiger partial charge in [-0.1, -0.05) is 18.2 Å². The highest BCUT2D eigenvalue weighted by molar-refractivity contribution is 5.21. The number of rotatable bonds is 3. The van der Waals surface area contributed by atoms with Gasteiger partial charge in [-0.3, -0.25) is 0 Å². The maximum atomic E-state index is 12.6. The molecule has 0 radical (unpaired) electrons. The average Bonchev–Trinajstić information content (AvgIpc) is 2.04. The van der Waals surface area contributed by atoms with Crippen molar-refractivity contribution in [2.45, 2.75) is 19.2 Å². The van der Waals surface area contributed by atoms with Crippen molar-refractivity contribution in [1.82, 2.24) is 0 Å². The first-order chi connectivity index (χ1) is 6.00. The van der Waals surface area contributed by atoms with Gasteiger partial charge >= 0.3 is 12.3 Å². The van der Waals surface area contributed by atoms with Gasteiger partial charge in [-0.15, -0.1) is 0 Å². The largest absolute Gasteiger partial charge is 0.454 e. The maximum Gasteiger partial charge on any atom is 0.310 e. The Hall–Kier alpha value is -1.19. The van der Waals surface area contributed by atoms with Gasteiger partial charge in [0.05, 0.1) is 0 Å². The summed E-state index contributed by atoms with van der Waals surface area (Å²) in [6.07, 6.45) is -2.60. The van der Waals surface area contributed by atoms with E-state index < -0.39 is 12.3 Å². The van der Waals surface area contributed by atoms with E-state index in [-0.39, 0.29) is 5.75 Å². The zero-order valence-electron chi connectivity index (χ0n) is 7.01. The molecule has 0 spiro atoms. The van der Waals surface area contributed by atoms with Crippen molar-refractivity contribution in [1.29, 1.82) is 0 Å². The van der Waals surface area contributed by atoms with Crippen molar-refractivity contribution < 1.29 is 17.9 Å². The summed E-state index contributed by atoms with van der Waals surface area (Å²) < 4.78 is 41.6. The summed E-state index contributed by atoms with van der Waals surface area (Å²) in [7, 11) is 0. The molecule has 1 nitrogen and oxygen atoms in total. The highest BCUT2D eigenvalue weighted by Gasteiger charge is 2.36. The molecule has 0 fully saturated rings. The first-order valence-electron chi connectivity index (χ1n) is 3.74. The Morgan fingerprint density at radius 3 is 2.23 bits per heavy atom. The van der Waals surface area contributed by atoms with Crippen LogP contribution in [-0.2, 0) is 0 Å². The standard InChI is InChI=1S/C9H9F3O/c1-9(11,12)8(10)13-7-5-3-2-4-6-7/h2-6,8H,1H3. The number of hydrogen-bond acceptors (Lipinski definition) is 1. The maximum absolute atomic E-state index is 12.6. The van der Waals surface area contributed by atoms with Crippen LogP contribution in [0.1, 0.15) is 6.92 Å². The lowest BCUT2D eigenvalue weighted by atomic mass is 10.3. The molecule has 0 saturated carbocycles. The summed E-state index contributed by atoms with van der Waals surface area (Å²) in [5, 5.41) is 0. The van der Waals surface area contributed by atoms with Crippen LogP contribution in [0.5, 0.6) is 5.75 Å². The summed E-state index contributed by atoms with van der Waals surface area (Å²) in [6, 6.07) is 7.67. The molecule has 1 atom stereocenters. The molecule has 0 heterocycles. The molecule has 0 aliphatic heterocycles. The van der Waals surface area contributed by atoms with Gasteiger partial charge in [-0.05, 0) is 12.1 Å². The SMILES string of the molecule is CC(F)(F)C(F)Oc1ccccc1. The van der Waals surface area contributed by atoms with E-state index in [9.17, 15) is 13.2 Å². The van der Waals surface area contributed by atoms with Gasteiger partial charge in [0.2, 0.25) is 0 Å². The van der Waals surface area contributed by atoms with Crippen LogP contribution in [0.15, 0.2) is 30.3 Å². The minimum Gasteiger partial charge on any atom is -0.454 e. The van der Waals surface area contributed by atoms with E-state index in [2.05, 4.69) is 4.74 Å². The number of benzene rings is 1. The Kier molecular flexibility index (Phi) is 2.80. The third-order valence-corrected chi connectivity index (χ3v) is 1.38. The second kappa shape index (κ2) is 3.68. The average molecular weight is 190 g/mol. The zero-order valence-corrected chi connectivity index (χ0v) is 7.01. The van der Waals surface area contributed by atoms with Crippen LogP contribution in [-0.4, -0.2) is 12.3 Å². The summed E-state index contributed by atoms with van der Waals surface area (Å²) in [5.41, 5.74) is 0. The molecular weight excluding hydrogens is 181 g/mol. The molecule has 0 aromatic heterocycles. The Morgan fingerprint density at radius 1 is 1.23 bits per heavy atom. The van der Waals surface area contributed by atoms with Crippen LogP contribution in [0.2, 0.25) is 0 Å². The lowest BCUT2D eigenvalue weighted by Gasteiger charge is -2.16. The van der Waals surface area contributed by atoms with Gasteiger partial charge in [0, 0.05) is 6.92 Å². The predicted octanol–water partition coefficient (Wildman–Crippen LogP) is 3.02. The summed E-state index contributed by atoms with van der Waals surface area (Å²) in [5.74, 6) is -3.38. The van der Waals surface area contributed by atoms with E-state index in [4.69, 9.17) is 0 Å². The highest BCUT2D eigenvalue weighted by Crippen LogP contribution is 2.23. The summed E-state index contributed by atoms with van der Waals surface area (Å²) in [6.45, 7) is 0.473. The van der Waals surface area contributed by atoms with Gasteiger partial charge in [0.25, 0.3) is 0 Å². The number of hydrogen-bond donors (Lipinski definition) is 0. The van der Waals surface area contributed by atoms with E-state index in [1.165, 1.54) is 12.1 Å². The van der Waals surface area contributed by atoms with Gasteiger partial charge in [-0.25, -0.2) is 0 Å². The zero-order chi connectivity index (χ0) is 9.90. The molecule has 0 bridgehead atoms. The second-order valence-corrected chi connectivity index (χ2v) is 2.70. The number of alkyl halides is 3. The fourth-order valence-corrected chi connectivity index (χ4v) is 0.722. The topological polar surface area (TPSA) is 9.23 Å². The molecular formula is C9H9F3O. The number of ether oxygens (including phenoxy) is 1. The van der Waals surface area contributed by atoms with E-state index in [1.807, 2.05) is 0 Å². The molecule has 1 aromatic rings. The Labute approximate surface area is 74.1 Å². The molecule has 0 saturated heterocycles. The Bertz CT molecular complexity index is 255. The molecule has 1 rings (SSSR count). The molecule has 0 amide bonds. The third kappa shape index (κ3) is 2.97. The van der Waals surface area contributed by atoms with E-state index in [1.54, 1.807) is 18.2 Å². The molecule has 1 unspecified atom stereocenters. The normalized spacial score (nSPS) is 13.8. The van der Waals surface area contributed by atoms with Crippen molar-refractivity contribution >= 4 is 0 Å². The van der Waals surface area contributed by atoms with Crippen molar-refractivity contribution in [2.75, 3.05) is 0 Å². The smallest absolute Gasteiger partial charge is 0.310 e. The first-order valence-corrected chi connectivity index (χ1v) is 3.74. The molecule has 0 N–H and O–H groups in total. The summed E-state index contributed by atoms with van der Waals surface area (Å²) in [4.78, 5) is 0. The van der Waals surface area contributed by atoms with Gasteiger partial charge in [-0.2, -0.15) is 13.2 Å². The van der Waals surface area contributed by atoms with Gasteiger partial charge in [0.15, 0.2) is 0 Å². The Morgan fingerprint density at radius 2 is 1.77 bits per heavy atom. The van der Waals surface area contributed by atoms with E-state index in [0.717, 1.165) is 0 Å². The third-order valence-electron chi connectivity index (χ3n) is 1.38. The van der Waals surface area contributed by atoms with Crippen LogP contribution >= 0.6 is 0 Å². The molecule has 0 aliphatic rings. The van der Waals surface area contributed by atoms with E-state index >= 15 is 0 Å². The van der Waals surface area contributed by atoms with Crippen molar-refractivity contribution in [3.05, 3.63) is 30.3 Å². The first kappa shape index (κ1) is 9.89. The van der Waals surface area contributed by atoms with Crippen LogP contribution in [0.25, 0.3) is 0 Å². The van der Waals surface area contributed by atoms with E-state index in [0.29, 0.717) is 6.92 Å². The van der Waals surface area contributed by atoms with Crippen LogP contribution < -0.4 is 4.74 Å². The van der Waals surface area contributed by atoms with Gasteiger partial charge in [0.1, 0.15) is 5.75 Å². The van der Waals surface area contributed by atoms with Crippen LogP contribution in [0, 0.1) is 0 Å². The minimum atomic E-state index is -3.48. The van der Waals surface area contributed by atoms with Crippen molar-refractivity contribution in [3.63, 3.8) is 0 Å². The molecule has 0 aliphatic carbocycles. The monoisotopic (exact) mass is 190 g/mol. The fraction of sp³-hybridized carbons (Fsp3) is 0.333. The molecule has 1 aromatic carbocycles. The second-order valence-electron chi connectivity index (χ2n) is 2.70. The van der Waals surface area contributed by atoms with Crippen molar-refractivity contribution in [2.24, 2.45) is 0 Å². The molecule has 13 heavy (non-hydrogen) atoms. The highest BCUT2D eigenvalue weighted by atomic mass is 19.3. The van der Waals surface area contributed by atoms with Crippen LogP contribution in [0.4, 0.5) is 13.2 Å².